The minimum absolute atomic E-state index is 0.0162. The van der Waals surface area contributed by atoms with Crippen molar-refractivity contribution in [3.63, 3.8) is 0 Å². The Bertz CT molecular complexity index is 987. The zero-order chi connectivity index (χ0) is 20.1. The molecule has 1 unspecified atom stereocenters. The van der Waals surface area contributed by atoms with Crippen LogP contribution in [0.2, 0.25) is 0 Å². The summed E-state index contributed by atoms with van der Waals surface area (Å²) < 4.78 is 10.5. The lowest BCUT2D eigenvalue weighted by Gasteiger charge is -2.20. The van der Waals surface area contributed by atoms with E-state index in [-0.39, 0.29) is 23.0 Å². The fraction of sp³-hybridized carbons (Fsp3) is 0.136. The van der Waals surface area contributed by atoms with E-state index in [4.69, 9.17) is 9.47 Å². The molecule has 0 aliphatic heterocycles. The maximum absolute atomic E-state index is 13.4. The van der Waals surface area contributed by atoms with Crippen LogP contribution >= 0.6 is 0 Å². The van der Waals surface area contributed by atoms with Gasteiger partial charge in [-0.1, -0.05) is 66.7 Å². The van der Waals surface area contributed by atoms with Gasteiger partial charge in [-0.2, -0.15) is 0 Å². The molecule has 0 bridgehead atoms. The summed E-state index contributed by atoms with van der Waals surface area (Å²) in [6, 6.07) is 21.1. The van der Waals surface area contributed by atoms with Gasteiger partial charge in [0.1, 0.15) is 0 Å². The quantitative estimate of drug-likeness (QED) is 0.341. The summed E-state index contributed by atoms with van der Waals surface area (Å²) in [6.45, 7) is 0. The van der Waals surface area contributed by atoms with Crippen molar-refractivity contribution in [3.05, 3.63) is 99.6 Å². The lowest BCUT2D eigenvalue weighted by molar-refractivity contribution is -0.386. The van der Waals surface area contributed by atoms with Gasteiger partial charge in [0.15, 0.2) is 5.78 Å². The van der Waals surface area contributed by atoms with Crippen LogP contribution in [-0.4, -0.2) is 24.9 Å². The molecule has 3 aromatic rings. The molecule has 0 saturated carbocycles. The molecule has 6 nitrogen and oxygen atoms in total. The molecule has 0 spiro atoms. The van der Waals surface area contributed by atoms with Crippen LogP contribution in [0.25, 0.3) is 0 Å². The van der Waals surface area contributed by atoms with Crippen LogP contribution in [0, 0.1) is 10.1 Å². The number of nitro benzene ring substituents is 1. The van der Waals surface area contributed by atoms with Gasteiger partial charge in [-0.05, 0) is 11.6 Å². The lowest BCUT2D eigenvalue weighted by Crippen LogP contribution is -2.16. The van der Waals surface area contributed by atoms with Crippen molar-refractivity contribution < 1.29 is 19.2 Å². The summed E-state index contributed by atoms with van der Waals surface area (Å²) >= 11 is 0. The standard InChI is InChI=1S/C22H19NO5/c1-27-18-14-13-17(22(28-2)20(18)23(25)26)19(15-9-5-3-6-10-15)21(24)16-11-7-4-8-12-16/h3-14,19H,1-2H3. The number of carbonyl (C=O) groups excluding carboxylic acids is 1. The summed E-state index contributed by atoms with van der Waals surface area (Å²) in [5.41, 5.74) is 1.34. The molecule has 0 N–H and O–H groups in total. The molecule has 1 atom stereocenters. The number of hydrogen-bond acceptors (Lipinski definition) is 5. The maximum Gasteiger partial charge on any atom is 0.352 e. The highest BCUT2D eigenvalue weighted by atomic mass is 16.6. The van der Waals surface area contributed by atoms with Crippen LogP contribution in [0.4, 0.5) is 5.69 Å². The molecule has 142 valence electrons. The lowest BCUT2D eigenvalue weighted by atomic mass is 9.84. The second kappa shape index (κ2) is 8.35. The Hall–Kier alpha value is -3.67. The van der Waals surface area contributed by atoms with Crippen LogP contribution in [0.3, 0.4) is 0 Å². The number of Topliss-reactive ketones (excluding diaryl/α,β-unsaturated/α-hetero) is 1. The molecule has 0 aliphatic rings. The van der Waals surface area contributed by atoms with Crippen molar-refractivity contribution in [1.29, 1.82) is 0 Å². The van der Waals surface area contributed by atoms with E-state index in [9.17, 15) is 14.9 Å². The van der Waals surface area contributed by atoms with Gasteiger partial charge in [0, 0.05) is 11.1 Å². The number of carbonyl (C=O) groups is 1. The van der Waals surface area contributed by atoms with Gasteiger partial charge in [0.25, 0.3) is 0 Å². The van der Waals surface area contributed by atoms with Crippen molar-refractivity contribution in [2.75, 3.05) is 14.2 Å². The Kier molecular flexibility index (Phi) is 5.69. The molecule has 3 rings (SSSR count). The first-order valence-electron chi connectivity index (χ1n) is 8.62. The van der Waals surface area contributed by atoms with Crippen LogP contribution in [-0.2, 0) is 0 Å². The van der Waals surface area contributed by atoms with Gasteiger partial charge in [0.05, 0.1) is 25.1 Å². The van der Waals surface area contributed by atoms with E-state index in [2.05, 4.69) is 0 Å². The van der Waals surface area contributed by atoms with Crippen molar-refractivity contribution in [2.24, 2.45) is 0 Å². The van der Waals surface area contributed by atoms with E-state index >= 15 is 0 Å². The summed E-state index contributed by atoms with van der Waals surface area (Å²) in [7, 11) is 2.70. The van der Waals surface area contributed by atoms with Gasteiger partial charge in [-0.25, -0.2) is 0 Å². The fourth-order valence-corrected chi connectivity index (χ4v) is 3.23. The number of ether oxygens (including phenoxy) is 2. The largest absolute Gasteiger partial charge is 0.490 e. The van der Waals surface area contributed by atoms with Gasteiger partial charge in [0.2, 0.25) is 11.5 Å². The van der Waals surface area contributed by atoms with Crippen LogP contribution in [0.15, 0.2) is 72.8 Å². The average Bonchev–Trinajstić information content (AvgIpc) is 2.74. The van der Waals surface area contributed by atoms with Gasteiger partial charge < -0.3 is 9.47 Å². The molecule has 0 radical (unpaired) electrons. The molecule has 28 heavy (non-hydrogen) atoms. The van der Waals surface area contributed by atoms with E-state index in [0.717, 1.165) is 0 Å². The number of hydrogen-bond donors (Lipinski definition) is 0. The predicted octanol–water partition coefficient (Wildman–Crippen LogP) is 4.63. The highest BCUT2D eigenvalue weighted by molar-refractivity contribution is 6.03. The first-order valence-corrected chi connectivity index (χ1v) is 8.62. The smallest absolute Gasteiger partial charge is 0.352 e. The monoisotopic (exact) mass is 377 g/mol. The molecule has 0 heterocycles. The summed E-state index contributed by atoms with van der Waals surface area (Å²) in [5, 5.41) is 11.7. The normalized spacial score (nSPS) is 11.5. The zero-order valence-electron chi connectivity index (χ0n) is 15.5. The third kappa shape index (κ3) is 3.57. The molecular formula is C22H19NO5. The predicted molar refractivity (Wildman–Crippen MR) is 105 cm³/mol. The number of benzene rings is 3. The molecule has 0 aliphatic carbocycles. The van der Waals surface area contributed by atoms with E-state index in [0.29, 0.717) is 16.7 Å². The second-order valence-electron chi connectivity index (χ2n) is 6.07. The van der Waals surface area contributed by atoms with Crippen LogP contribution < -0.4 is 9.47 Å². The van der Waals surface area contributed by atoms with Gasteiger partial charge in [-0.15, -0.1) is 0 Å². The SMILES string of the molecule is COc1ccc(C(C(=O)c2ccccc2)c2ccccc2)c(OC)c1[N+](=O)[O-]. The minimum Gasteiger partial charge on any atom is -0.490 e. The summed E-state index contributed by atoms with van der Waals surface area (Å²) in [5.74, 6) is -0.847. The topological polar surface area (TPSA) is 78.7 Å². The number of nitrogens with zero attached hydrogens (tertiary/aromatic N) is 1. The van der Waals surface area contributed by atoms with E-state index in [1.165, 1.54) is 20.3 Å². The number of methoxy groups -OCH3 is 2. The Morgan fingerprint density at radius 1 is 0.893 bits per heavy atom. The number of ketones is 1. The molecule has 0 amide bonds. The van der Waals surface area contributed by atoms with Crippen LogP contribution in [0.1, 0.15) is 27.4 Å². The Balaban J connectivity index is 2.26. The second-order valence-corrected chi connectivity index (χ2v) is 6.07. The van der Waals surface area contributed by atoms with E-state index in [1.807, 2.05) is 36.4 Å². The third-order valence-corrected chi connectivity index (χ3v) is 4.50. The Labute approximate surface area is 162 Å². The Morgan fingerprint density at radius 2 is 1.50 bits per heavy atom. The molecule has 3 aromatic carbocycles. The molecule has 0 saturated heterocycles. The summed E-state index contributed by atoms with van der Waals surface area (Å²) in [4.78, 5) is 24.5. The third-order valence-electron chi connectivity index (χ3n) is 4.50. The zero-order valence-corrected chi connectivity index (χ0v) is 15.5. The van der Waals surface area contributed by atoms with Gasteiger partial charge >= 0.3 is 5.69 Å². The van der Waals surface area contributed by atoms with E-state index in [1.54, 1.807) is 30.3 Å². The Morgan fingerprint density at radius 3 is 2.04 bits per heavy atom. The van der Waals surface area contributed by atoms with E-state index < -0.39 is 10.8 Å². The fourth-order valence-electron chi connectivity index (χ4n) is 3.23. The highest BCUT2D eigenvalue weighted by Gasteiger charge is 2.33. The average molecular weight is 377 g/mol. The van der Waals surface area contributed by atoms with Crippen molar-refractivity contribution in [2.45, 2.75) is 5.92 Å². The molecular weight excluding hydrogens is 358 g/mol. The first-order chi connectivity index (χ1) is 13.6. The van der Waals surface area contributed by atoms with Crippen molar-refractivity contribution in [3.8, 4) is 11.5 Å². The van der Waals surface area contributed by atoms with Crippen LogP contribution in [0.5, 0.6) is 11.5 Å². The number of nitro groups is 1. The maximum atomic E-state index is 13.4. The van der Waals surface area contributed by atoms with Gasteiger partial charge in [-0.3, -0.25) is 14.9 Å². The number of rotatable bonds is 7. The molecule has 0 aromatic heterocycles. The highest BCUT2D eigenvalue weighted by Crippen LogP contribution is 2.44. The summed E-state index contributed by atoms with van der Waals surface area (Å²) in [6.07, 6.45) is 0. The minimum atomic E-state index is -0.761. The van der Waals surface area contributed by atoms with Crippen molar-refractivity contribution >= 4 is 11.5 Å². The van der Waals surface area contributed by atoms with Crippen molar-refractivity contribution in [1.82, 2.24) is 0 Å². The molecule has 6 heteroatoms. The molecule has 0 fully saturated rings. The first kappa shape index (κ1) is 19.1.